The molecule has 0 bridgehead atoms. The largest absolute Gasteiger partial charge is 0.512 e. The number of aromatic nitrogens is 1. The van der Waals surface area contributed by atoms with Crippen molar-refractivity contribution in [2.75, 3.05) is 0 Å². The molecule has 56 heavy (non-hydrogen) atoms. The Labute approximate surface area is 349 Å². The van der Waals surface area contributed by atoms with Gasteiger partial charge in [-0.05, 0) is 86.5 Å². The first kappa shape index (κ1) is 44.9. The van der Waals surface area contributed by atoms with Crippen LogP contribution in [0.5, 0.6) is 0 Å². The Morgan fingerprint density at radius 3 is 2.04 bits per heavy atom. The maximum absolute atomic E-state index is 12.2. The number of nitrogens with zero attached hydrogens (tertiary/aromatic N) is 1. The summed E-state index contributed by atoms with van der Waals surface area (Å²) in [5, 5.41) is 15.9. The van der Waals surface area contributed by atoms with E-state index < -0.39 is 0 Å². The van der Waals surface area contributed by atoms with Crippen molar-refractivity contribution in [1.82, 2.24) is 4.98 Å². The number of benzene rings is 4. The number of ketones is 1. The average molecular weight is 931 g/mol. The van der Waals surface area contributed by atoms with Crippen LogP contribution in [0.25, 0.3) is 54.9 Å². The maximum Gasteiger partial charge on any atom is 0.164 e. The first-order chi connectivity index (χ1) is 25.9. The van der Waals surface area contributed by atoms with Crippen molar-refractivity contribution < 1.29 is 34.4 Å². The molecule has 0 spiro atoms. The van der Waals surface area contributed by atoms with Crippen LogP contribution in [0, 0.1) is 42.1 Å². The molecule has 1 N–H and O–H groups in total. The zero-order valence-electron chi connectivity index (χ0n) is 36.2. The standard InChI is InChI=1S/C36H36NO.C15H28O2.Ir/c1-21(2)15-25-12-10-14-29-32-33(37-30-17-22(3)16-23(4)31(30)35(32)38-34(25)29)26-18-24-11-8-9-13-28(24)27(19-26)20-36(5,6)7;1-7-14(5,8-2)12(16)11-13(17)15(6,9-3)10-4;/h8-14,16-17,19,21H,15,20H2,1-7H3;11,16H,7-10H2,1-6H3;/q-1;;/b;12-11-;. The summed E-state index contributed by atoms with van der Waals surface area (Å²) in [4.78, 5) is 17.5. The van der Waals surface area contributed by atoms with Gasteiger partial charge in [0.15, 0.2) is 5.78 Å². The van der Waals surface area contributed by atoms with Crippen LogP contribution in [-0.4, -0.2) is 15.9 Å². The third-order valence-corrected chi connectivity index (χ3v) is 12.0. The summed E-state index contributed by atoms with van der Waals surface area (Å²) < 4.78 is 6.83. The molecule has 4 aromatic carbocycles. The number of aliphatic hydroxyl groups is 1. The molecule has 0 amide bonds. The van der Waals surface area contributed by atoms with Crippen LogP contribution in [0.2, 0.25) is 0 Å². The molecule has 0 saturated heterocycles. The van der Waals surface area contributed by atoms with E-state index in [2.05, 4.69) is 115 Å². The van der Waals surface area contributed by atoms with Crippen molar-refractivity contribution >= 4 is 49.4 Å². The fourth-order valence-electron chi connectivity index (χ4n) is 7.72. The number of fused-ring (bicyclic) bond motifs is 6. The minimum absolute atomic E-state index is 0. The Hall–Kier alpha value is -3.79. The fourth-order valence-corrected chi connectivity index (χ4v) is 7.72. The zero-order chi connectivity index (χ0) is 40.5. The monoisotopic (exact) mass is 931 g/mol. The first-order valence-corrected chi connectivity index (χ1v) is 20.5. The van der Waals surface area contributed by atoms with Crippen molar-refractivity contribution in [1.29, 1.82) is 0 Å². The molecule has 2 aromatic heterocycles. The van der Waals surface area contributed by atoms with Crippen molar-refractivity contribution in [3.63, 3.8) is 0 Å². The average Bonchev–Trinajstić information content (AvgIpc) is 3.53. The van der Waals surface area contributed by atoms with Gasteiger partial charge < -0.3 is 9.52 Å². The molecule has 0 saturated carbocycles. The second-order valence-electron chi connectivity index (χ2n) is 18.1. The molecule has 0 atom stereocenters. The third kappa shape index (κ3) is 9.32. The van der Waals surface area contributed by atoms with Crippen LogP contribution >= 0.6 is 0 Å². The summed E-state index contributed by atoms with van der Waals surface area (Å²) in [6, 6.07) is 25.7. The zero-order valence-corrected chi connectivity index (χ0v) is 38.6. The Bertz CT molecular complexity index is 2360. The quantitative estimate of drug-likeness (QED) is 0.0799. The van der Waals surface area contributed by atoms with Gasteiger partial charge in [-0.1, -0.05) is 130 Å². The predicted octanol–water partition coefficient (Wildman–Crippen LogP) is 14.8. The number of carbonyl (C=O) groups is 1. The number of allylic oxidation sites excluding steroid dienone is 2. The molecule has 5 heteroatoms. The molecule has 1 radical (unpaired) electrons. The van der Waals surface area contributed by atoms with E-state index in [0.29, 0.717) is 5.92 Å². The number of carbonyl (C=O) groups excluding carboxylic acids is 1. The van der Waals surface area contributed by atoms with Gasteiger partial charge in [0.05, 0.1) is 5.52 Å². The van der Waals surface area contributed by atoms with Gasteiger partial charge in [0.2, 0.25) is 0 Å². The molecular formula is C51H64IrNO3-. The van der Waals surface area contributed by atoms with Gasteiger partial charge >= 0.3 is 0 Å². The van der Waals surface area contributed by atoms with Gasteiger partial charge in [-0.15, -0.1) is 29.1 Å². The molecular weight excluding hydrogens is 867 g/mol. The summed E-state index contributed by atoms with van der Waals surface area (Å²) in [5.41, 5.74) is 9.46. The van der Waals surface area contributed by atoms with Crippen molar-refractivity contribution in [3.05, 3.63) is 101 Å². The summed E-state index contributed by atoms with van der Waals surface area (Å²) in [7, 11) is 0. The molecule has 0 aliphatic heterocycles. The second kappa shape index (κ2) is 17.8. The van der Waals surface area contributed by atoms with Crippen LogP contribution in [0.4, 0.5) is 0 Å². The SMILES string of the molecule is CCC(C)(CC)C(=O)/C=C(\O)C(C)(CC)CC.Cc1cc(C)c2c(c1)nc(-c1[c-]c3ccccc3c(CC(C)(C)C)c1)c1c3cccc(CC(C)C)c3oc21.[Ir]. The molecule has 0 unspecified atom stereocenters. The molecule has 6 aromatic rings. The Kier molecular flexibility index (Phi) is 14.3. The Morgan fingerprint density at radius 1 is 0.804 bits per heavy atom. The van der Waals surface area contributed by atoms with Crippen molar-refractivity contribution in [2.45, 2.75) is 129 Å². The number of hydrogen-bond donors (Lipinski definition) is 1. The molecule has 0 aliphatic rings. The summed E-state index contributed by atoms with van der Waals surface area (Å²) >= 11 is 0. The van der Waals surface area contributed by atoms with E-state index in [9.17, 15) is 9.90 Å². The van der Waals surface area contributed by atoms with Gasteiger partial charge in [-0.3, -0.25) is 9.78 Å². The van der Waals surface area contributed by atoms with Crippen molar-refractivity contribution in [2.24, 2.45) is 22.2 Å². The minimum atomic E-state index is -0.337. The normalized spacial score (nSPS) is 12.7. The first-order valence-electron chi connectivity index (χ1n) is 20.5. The molecule has 0 fully saturated rings. The fraction of sp³-hybridized carbons (Fsp3) is 0.451. The van der Waals surface area contributed by atoms with Crippen LogP contribution in [0.1, 0.15) is 124 Å². The van der Waals surface area contributed by atoms with E-state index in [-0.39, 0.29) is 47.9 Å². The number of rotatable bonds is 11. The number of furan rings is 1. The summed E-state index contributed by atoms with van der Waals surface area (Å²) in [6.45, 7) is 27.8. The Morgan fingerprint density at radius 2 is 1.43 bits per heavy atom. The maximum atomic E-state index is 12.2. The van der Waals surface area contributed by atoms with Crippen LogP contribution in [0.3, 0.4) is 0 Å². The van der Waals surface area contributed by atoms with Gasteiger partial charge in [-0.25, -0.2) is 0 Å². The number of pyridine rings is 1. The Balaban J connectivity index is 0.000000330. The second-order valence-corrected chi connectivity index (χ2v) is 18.1. The molecule has 0 aliphatic carbocycles. The summed E-state index contributed by atoms with van der Waals surface area (Å²) in [5.74, 6) is 0.829. The minimum Gasteiger partial charge on any atom is -0.512 e. The molecule has 6 rings (SSSR count). The predicted molar refractivity (Wildman–Crippen MR) is 235 cm³/mol. The van der Waals surface area contributed by atoms with E-state index in [1.807, 2.05) is 41.5 Å². The van der Waals surface area contributed by atoms with Gasteiger partial charge in [0.25, 0.3) is 0 Å². The van der Waals surface area contributed by atoms with Gasteiger partial charge in [0.1, 0.15) is 16.9 Å². The third-order valence-electron chi connectivity index (χ3n) is 12.0. The smallest absolute Gasteiger partial charge is 0.164 e. The number of para-hydroxylation sites is 1. The van der Waals surface area contributed by atoms with E-state index in [4.69, 9.17) is 9.40 Å². The van der Waals surface area contributed by atoms with Gasteiger partial charge in [-0.2, -0.15) is 0 Å². The van der Waals surface area contributed by atoms with Crippen LogP contribution in [-0.2, 0) is 37.7 Å². The molecule has 4 nitrogen and oxygen atoms in total. The number of aryl methyl sites for hydroxylation is 2. The van der Waals surface area contributed by atoms with Gasteiger partial charge in [0, 0.05) is 58.9 Å². The van der Waals surface area contributed by atoms with Crippen LogP contribution < -0.4 is 0 Å². The van der Waals surface area contributed by atoms with E-state index in [1.165, 1.54) is 33.7 Å². The summed E-state index contributed by atoms with van der Waals surface area (Å²) in [6.07, 6.45) is 6.72. The van der Waals surface area contributed by atoms with E-state index >= 15 is 0 Å². The molecule has 301 valence electrons. The number of aliphatic hydroxyl groups excluding tert-OH is 1. The molecule has 2 heterocycles. The van der Waals surface area contributed by atoms with E-state index in [0.717, 1.165) is 88.0 Å². The topological polar surface area (TPSA) is 63.3 Å². The van der Waals surface area contributed by atoms with E-state index in [1.54, 1.807) is 0 Å². The van der Waals surface area contributed by atoms with Crippen LogP contribution in [0.15, 0.2) is 76.9 Å². The number of hydrogen-bond acceptors (Lipinski definition) is 4. The van der Waals surface area contributed by atoms with Crippen molar-refractivity contribution in [3.8, 4) is 11.3 Å².